The van der Waals surface area contributed by atoms with E-state index in [-0.39, 0.29) is 23.7 Å². The van der Waals surface area contributed by atoms with Crippen LogP contribution in [0.1, 0.15) is 37.8 Å². The summed E-state index contributed by atoms with van der Waals surface area (Å²) in [6.07, 6.45) is 1.71. The highest BCUT2D eigenvalue weighted by atomic mass is 32.2. The normalized spacial score (nSPS) is 17.2. The van der Waals surface area contributed by atoms with Crippen LogP contribution in [0.3, 0.4) is 0 Å². The van der Waals surface area contributed by atoms with Crippen LogP contribution in [0.4, 0.5) is 4.39 Å². The maximum atomic E-state index is 13.5. The van der Waals surface area contributed by atoms with Crippen LogP contribution in [0.2, 0.25) is 0 Å². The van der Waals surface area contributed by atoms with Crippen molar-refractivity contribution in [3.05, 3.63) is 70.1 Å². The number of halogens is 1. The second kappa shape index (κ2) is 9.76. The van der Waals surface area contributed by atoms with E-state index in [0.29, 0.717) is 30.3 Å². The van der Waals surface area contributed by atoms with Gasteiger partial charge in [0.25, 0.3) is 11.8 Å². The van der Waals surface area contributed by atoms with E-state index in [1.165, 1.54) is 23.5 Å². The molecule has 2 amide bonds. The maximum absolute atomic E-state index is 13.5. The van der Waals surface area contributed by atoms with Gasteiger partial charge in [-0.1, -0.05) is 18.2 Å². The summed E-state index contributed by atoms with van der Waals surface area (Å²) in [4.78, 5) is 33.5. The Morgan fingerprint density at radius 2 is 2.06 bits per heavy atom. The van der Waals surface area contributed by atoms with Crippen molar-refractivity contribution in [2.45, 2.75) is 25.8 Å². The molecule has 6 nitrogen and oxygen atoms in total. The highest BCUT2D eigenvalue weighted by molar-refractivity contribution is 7.99. The van der Waals surface area contributed by atoms with Crippen LogP contribution in [-0.2, 0) is 6.42 Å². The largest absolute Gasteiger partial charge is 0.493 e. The zero-order chi connectivity index (χ0) is 23.7. The Morgan fingerprint density at radius 1 is 1.24 bits per heavy atom. The van der Waals surface area contributed by atoms with Gasteiger partial charge in [0.1, 0.15) is 17.3 Å². The van der Waals surface area contributed by atoms with Gasteiger partial charge in [-0.25, -0.2) is 9.37 Å². The lowest BCUT2D eigenvalue weighted by Gasteiger charge is -2.24. The lowest BCUT2D eigenvalue weighted by atomic mass is 9.99. The van der Waals surface area contributed by atoms with E-state index in [0.717, 1.165) is 45.4 Å². The molecule has 0 saturated carbocycles. The smallest absolute Gasteiger partial charge is 0.275 e. The summed E-state index contributed by atoms with van der Waals surface area (Å²) in [6.45, 7) is 2.89. The molecule has 3 heterocycles. The van der Waals surface area contributed by atoms with Crippen LogP contribution in [0.25, 0.3) is 10.4 Å². The van der Waals surface area contributed by atoms with Gasteiger partial charge < -0.3 is 15.0 Å². The molecule has 34 heavy (non-hydrogen) atoms. The van der Waals surface area contributed by atoms with Gasteiger partial charge in [0.15, 0.2) is 0 Å². The third-order valence-electron chi connectivity index (χ3n) is 5.99. The molecule has 0 bridgehead atoms. The number of nitrogens with one attached hydrogen (secondary N) is 1. The molecule has 1 aromatic heterocycles. The summed E-state index contributed by atoms with van der Waals surface area (Å²) >= 11 is 3.07. The molecule has 1 saturated heterocycles. The number of benzene rings is 2. The Labute approximate surface area is 205 Å². The van der Waals surface area contributed by atoms with E-state index in [2.05, 4.69) is 10.3 Å². The second-order valence-corrected chi connectivity index (χ2v) is 10.5. The number of amides is 2. The number of thiazole rings is 1. The number of carbonyl (C=O) groups is 2. The van der Waals surface area contributed by atoms with Crippen molar-refractivity contribution in [1.82, 2.24) is 15.2 Å². The van der Waals surface area contributed by atoms with Gasteiger partial charge >= 0.3 is 0 Å². The number of thioether (sulfide) groups is 1. The van der Waals surface area contributed by atoms with Crippen molar-refractivity contribution in [3.8, 4) is 16.2 Å². The summed E-state index contributed by atoms with van der Waals surface area (Å²) in [5, 5.41) is 3.80. The average Bonchev–Trinajstić information content (AvgIpc) is 3.49. The fourth-order valence-corrected chi connectivity index (χ4v) is 6.41. The van der Waals surface area contributed by atoms with E-state index in [4.69, 9.17) is 4.74 Å². The van der Waals surface area contributed by atoms with Crippen LogP contribution in [0.5, 0.6) is 5.75 Å². The van der Waals surface area contributed by atoms with Crippen LogP contribution >= 0.6 is 23.1 Å². The SMILES string of the molecule is Cc1nc(C(=O)N2CSC[C@H]2CNC(=O)c2cccc3c2CCCO3)c(-c2ccc(F)cc2)s1. The monoisotopic (exact) mass is 497 g/mol. The molecule has 0 aliphatic carbocycles. The first-order valence-electron chi connectivity index (χ1n) is 11.2. The van der Waals surface area contributed by atoms with E-state index in [1.54, 1.807) is 28.8 Å². The first-order valence-corrected chi connectivity index (χ1v) is 13.1. The number of rotatable bonds is 5. The van der Waals surface area contributed by atoms with Gasteiger partial charge in [-0.3, -0.25) is 9.59 Å². The number of carbonyl (C=O) groups excluding carboxylic acids is 2. The number of fused-ring (bicyclic) bond motifs is 1. The molecule has 9 heteroatoms. The Hall–Kier alpha value is -2.91. The highest BCUT2D eigenvalue weighted by Gasteiger charge is 2.33. The van der Waals surface area contributed by atoms with Gasteiger partial charge in [0, 0.05) is 23.4 Å². The molecule has 2 aromatic carbocycles. The fourth-order valence-electron chi connectivity index (χ4n) is 4.29. The Kier molecular flexibility index (Phi) is 6.56. The first-order chi connectivity index (χ1) is 16.5. The Balaban J connectivity index is 1.31. The zero-order valence-corrected chi connectivity index (χ0v) is 20.3. The van der Waals surface area contributed by atoms with E-state index in [9.17, 15) is 14.0 Å². The number of hydrogen-bond acceptors (Lipinski definition) is 6. The van der Waals surface area contributed by atoms with Crippen LogP contribution in [-0.4, -0.2) is 52.5 Å². The molecule has 0 spiro atoms. The lowest BCUT2D eigenvalue weighted by molar-refractivity contribution is 0.0731. The lowest BCUT2D eigenvalue weighted by Crippen LogP contribution is -2.44. The minimum Gasteiger partial charge on any atom is -0.493 e. The van der Waals surface area contributed by atoms with Crippen molar-refractivity contribution in [1.29, 1.82) is 0 Å². The minimum atomic E-state index is -0.323. The molecular formula is C25H24FN3O3S2. The van der Waals surface area contributed by atoms with Crippen molar-refractivity contribution in [3.63, 3.8) is 0 Å². The van der Waals surface area contributed by atoms with Crippen molar-refractivity contribution < 1.29 is 18.7 Å². The molecule has 2 aliphatic heterocycles. The zero-order valence-electron chi connectivity index (χ0n) is 18.7. The standard InChI is InChI=1S/C25H24FN3O3S2/c1-15-28-22(23(34-15)16-7-9-17(26)10-8-16)25(31)29-14-33-13-18(29)12-27-24(30)20-4-2-6-21-19(20)5-3-11-32-21/h2,4,6-10,18H,3,5,11-14H2,1H3,(H,27,30)/t18-/m1/s1. The van der Waals surface area contributed by atoms with Gasteiger partial charge in [0.2, 0.25) is 0 Å². The summed E-state index contributed by atoms with van der Waals surface area (Å²) in [6, 6.07) is 11.5. The van der Waals surface area contributed by atoms with Crippen LogP contribution in [0, 0.1) is 12.7 Å². The Bertz CT molecular complexity index is 1230. The number of ether oxygens (including phenoxy) is 1. The molecule has 2 aliphatic rings. The maximum Gasteiger partial charge on any atom is 0.275 e. The molecule has 5 rings (SSSR count). The molecule has 1 atom stereocenters. The third-order valence-corrected chi connectivity index (χ3v) is 8.09. The van der Waals surface area contributed by atoms with Crippen LogP contribution in [0.15, 0.2) is 42.5 Å². The molecule has 0 radical (unpaired) electrons. The summed E-state index contributed by atoms with van der Waals surface area (Å²) in [5.41, 5.74) is 2.72. The van der Waals surface area contributed by atoms with E-state index in [1.807, 2.05) is 25.1 Å². The van der Waals surface area contributed by atoms with Crippen LogP contribution < -0.4 is 10.1 Å². The quantitative estimate of drug-likeness (QED) is 0.561. The van der Waals surface area contributed by atoms with Crippen molar-refractivity contribution in [2.24, 2.45) is 0 Å². The minimum absolute atomic E-state index is 0.139. The van der Waals surface area contributed by atoms with Gasteiger partial charge in [-0.05, 0) is 49.6 Å². The van der Waals surface area contributed by atoms with Gasteiger partial charge in [-0.15, -0.1) is 23.1 Å². The molecule has 1 fully saturated rings. The number of aryl methyl sites for hydroxylation is 1. The predicted molar refractivity (Wildman–Crippen MR) is 132 cm³/mol. The second-order valence-electron chi connectivity index (χ2n) is 8.29. The molecule has 0 unspecified atom stereocenters. The van der Waals surface area contributed by atoms with Gasteiger partial charge in [0.05, 0.1) is 28.4 Å². The number of hydrogen-bond donors (Lipinski definition) is 1. The summed E-state index contributed by atoms with van der Waals surface area (Å²) in [5.74, 6) is 1.40. The summed E-state index contributed by atoms with van der Waals surface area (Å²) in [7, 11) is 0. The predicted octanol–water partition coefficient (Wildman–Crippen LogP) is 4.53. The van der Waals surface area contributed by atoms with E-state index >= 15 is 0 Å². The number of aromatic nitrogens is 1. The highest BCUT2D eigenvalue weighted by Crippen LogP contribution is 2.33. The first kappa shape index (κ1) is 22.9. The van der Waals surface area contributed by atoms with Crippen molar-refractivity contribution >= 4 is 34.9 Å². The molecular weight excluding hydrogens is 473 g/mol. The number of nitrogens with zero attached hydrogens (tertiary/aromatic N) is 2. The average molecular weight is 498 g/mol. The van der Waals surface area contributed by atoms with Crippen molar-refractivity contribution in [2.75, 3.05) is 24.8 Å². The van der Waals surface area contributed by atoms with E-state index < -0.39 is 0 Å². The summed E-state index contributed by atoms with van der Waals surface area (Å²) < 4.78 is 19.1. The molecule has 176 valence electrons. The fraction of sp³-hybridized carbons (Fsp3) is 0.320. The molecule has 1 N–H and O–H groups in total. The topological polar surface area (TPSA) is 71.5 Å². The third kappa shape index (κ3) is 4.54. The molecule has 3 aromatic rings. The Morgan fingerprint density at radius 3 is 2.88 bits per heavy atom. The van der Waals surface area contributed by atoms with Gasteiger partial charge in [-0.2, -0.15) is 0 Å².